The van der Waals surface area contributed by atoms with E-state index in [2.05, 4.69) is 18.7 Å². The molecule has 0 amide bonds. The van der Waals surface area contributed by atoms with Crippen molar-refractivity contribution in [3.63, 3.8) is 0 Å². The van der Waals surface area contributed by atoms with Gasteiger partial charge in [0.05, 0.1) is 6.61 Å². The second-order valence-electron chi connectivity index (χ2n) is 4.83. The molecule has 1 aliphatic heterocycles. The van der Waals surface area contributed by atoms with Crippen LogP contribution in [0.5, 0.6) is 0 Å². The predicted octanol–water partition coefficient (Wildman–Crippen LogP) is 1.56. The fourth-order valence-corrected chi connectivity index (χ4v) is 3.64. The van der Waals surface area contributed by atoms with Crippen molar-refractivity contribution in [1.82, 2.24) is 4.90 Å². The highest BCUT2D eigenvalue weighted by atomic mass is 32.2. The van der Waals surface area contributed by atoms with Gasteiger partial charge in [-0.3, -0.25) is 13.9 Å². The van der Waals surface area contributed by atoms with Crippen LogP contribution in [-0.4, -0.2) is 51.8 Å². The zero-order chi connectivity index (χ0) is 13.5. The number of hydrogen-bond acceptors (Lipinski definition) is 4. The fourth-order valence-electron chi connectivity index (χ4n) is 2.25. The quantitative estimate of drug-likeness (QED) is 0.545. The van der Waals surface area contributed by atoms with Crippen molar-refractivity contribution in [3.05, 3.63) is 0 Å². The van der Waals surface area contributed by atoms with Gasteiger partial charge in [0.25, 0.3) is 0 Å². The number of nitrogens with zero attached hydrogens (tertiary/aromatic N) is 1. The first-order valence-electron chi connectivity index (χ1n) is 6.83. The van der Waals surface area contributed by atoms with E-state index in [1.54, 1.807) is 0 Å². The minimum absolute atomic E-state index is 0.0985. The molecule has 0 bridgehead atoms. The fraction of sp³-hybridized carbons (Fsp3) is 0.923. The zero-order valence-electron chi connectivity index (χ0n) is 11.7. The molecule has 0 aromatic heterocycles. The highest BCUT2D eigenvalue weighted by Crippen LogP contribution is 2.17. The Bertz CT molecular complexity index is 296. The van der Waals surface area contributed by atoms with Crippen LogP contribution in [0.3, 0.4) is 0 Å². The Morgan fingerprint density at radius 3 is 2.78 bits per heavy atom. The van der Waals surface area contributed by atoms with E-state index in [1.807, 2.05) is 6.92 Å². The topological polar surface area (TPSA) is 46.6 Å². The molecular formula is C13H25NO3S. The molecule has 1 aliphatic rings. The summed E-state index contributed by atoms with van der Waals surface area (Å²) in [5.41, 5.74) is 0. The minimum Gasteiger partial charge on any atom is -0.466 e. The third kappa shape index (κ3) is 4.69. The van der Waals surface area contributed by atoms with Gasteiger partial charge in [-0.15, -0.1) is 0 Å². The van der Waals surface area contributed by atoms with Crippen molar-refractivity contribution < 1.29 is 13.7 Å². The standard InChI is InChI=1S/C13H25NO3S/c1-4-17-13(15)7-5-6-8-14-9-10-18(16)12(3)11(14)2/h11-12H,4-10H2,1-3H3/t11-,12-,18+/m1/s1. The molecule has 5 heteroatoms. The molecule has 1 rings (SSSR count). The summed E-state index contributed by atoms with van der Waals surface area (Å²) in [7, 11) is -0.669. The van der Waals surface area contributed by atoms with Gasteiger partial charge in [-0.25, -0.2) is 0 Å². The lowest BCUT2D eigenvalue weighted by Crippen LogP contribution is -2.49. The van der Waals surface area contributed by atoms with E-state index < -0.39 is 10.8 Å². The van der Waals surface area contributed by atoms with Gasteiger partial charge >= 0.3 is 5.97 Å². The molecule has 0 radical (unpaired) electrons. The van der Waals surface area contributed by atoms with Crippen LogP contribution in [0.2, 0.25) is 0 Å². The first kappa shape index (κ1) is 15.6. The van der Waals surface area contributed by atoms with Crippen molar-refractivity contribution >= 4 is 16.8 Å². The molecule has 4 nitrogen and oxygen atoms in total. The number of hydrogen-bond donors (Lipinski definition) is 0. The summed E-state index contributed by atoms with van der Waals surface area (Å²) >= 11 is 0. The summed E-state index contributed by atoms with van der Waals surface area (Å²) in [6.07, 6.45) is 2.39. The van der Waals surface area contributed by atoms with Gasteiger partial charge in [-0.05, 0) is 40.2 Å². The summed E-state index contributed by atoms with van der Waals surface area (Å²) in [4.78, 5) is 13.6. The predicted molar refractivity (Wildman–Crippen MR) is 74.0 cm³/mol. The molecule has 0 aliphatic carbocycles. The van der Waals surface area contributed by atoms with Crippen LogP contribution in [0.25, 0.3) is 0 Å². The van der Waals surface area contributed by atoms with Crippen molar-refractivity contribution in [2.75, 3.05) is 25.4 Å². The second kappa shape index (κ2) is 7.89. The number of rotatable bonds is 6. The van der Waals surface area contributed by atoms with Crippen LogP contribution in [-0.2, 0) is 20.3 Å². The maximum absolute atomic E-state index is 11.7. The molecule has 0 N–H and O–H groups in total. The lowest BCUT2D eigenvalue weighted by Gasteiger charge is -2.37. The Morgan fingerprint density at radius 1 is 1.39 bits per heavy atom. The van der Waals surface area contributed by atoms with E-state index in [4.69, 9.17) is 4.74 Å². The zero-order valence-corrected chi connectivity index (χ0v) is 12.5. The lowest BCUT2D eigenvalue weighted by atomic mass is 10.1. The number of esters is 1. The van der Waals surface area contributed by atoms with Crippen molar-refractivity contribution in [2.45, 2.75) is 51.3 Å². The third-order valence-corrected chi connectivity index (χ3v) is 5.44. The normalized spacial score (nSPS) is 29.2. The smallest absolute Gasteiger partial charge is 0.305 e. The molecule has 106 valence electrons. The number of carbonyl (C=O) groups excluding carboxylic acids is 1. The van der Waals surface area contributed by atoms with Gasteiger partial charge in [0.2, 0.25) is 0 Å². The van der Waals surface area contributed by atoms with E-state index in [-0.39, 0.29) is 11.2 Å². The van der Waals surface area contributed by atoms with Gasteiger partial charge in [0, 0.05) is 40.8 Å². The maximum atomic E-state index is 11.7. The molecule has 0 saturated carbocycles. The second-order valence-corrected chi connectivity index (χ2v) is 6.74. The summed E-state index contributed by atoms with van der Waals surface area (Å²) < 4.78 is 16.6. The van der Waals surface area contributed by atoms with E-state index >= 15 is 0 Å². The molecular weight excluding hydrogens is 250 g/mol. The van der Waals surface area contributed by atoms with Gasteiger partial charge in [-0.1, -0.05) is 0 Å². The van der Waals surface area contributed by atoms with Crippen molar-refractivity contribution in [1.29, 1.82) is 0 Å². The monoisotopic (exact) mass is 275 g/mol. The van der Waals surface area contributed by atoms with Gasteiger partial charge in [0.1, 0.15) is 0 Å². The lowest BCUT2D eigenvalue weighted by molar-refractivity contribution is -0.143. The first-order chi connectivity index (χ1) is 8.56. The van der Waals surface area contributed by atoms with Crippen LogP contribution in [0.1, 0.15) is 40.0 Å². The number of ether oxygens (including phenoxy) is 1. The molecule has 1 saturated heterocycles. The summed E-state index contributed by atoms with van der Waals surface area (Å²) in [5, 5.41) is 0.254. The van der Waals surface area contributed by atoms with E-state index in [0.29, 0.717) is 19.1 Å². The summed E-state index contributed by atoms with van der Waals surface area (Å²) in [6, 6.07) is 0.377. The molecule has 0 aromatic carbocycles. The van der Waals surface area contributed by atoms with Crippen molar-refractivity contribution in [2.24, 2.45) is 0 Å². The van der Waals surface area contributed by atoms with Gasteiger partial charge < -0.3 is 4.74 Å². The molecule has 1 fully saturated rings. The van der Waals surface area contributed by atoms with E-state index in [1.165, 1.54) is 0 Å². The average molecular weight is 275 g/mol. The van der Waals surface area contributed by atoms with Crippen LogP contribution >= 0.6 is 0 Å². The first-order valence-corrected chi connectivity index (χ1v) is 8.21. The number of unbranched alkanes of at least 4 members (excludes halogenated alkanes) is 1. The summed E-state index contributed by atoms with van der Waals surface area (Å²) in [5.74, 6) is 0.683. The van der Waals surface area contributed by atoms with Gasteiger partial charge in [0.15, 0.2) is 0 Å². The largest absolute Gasteiger partial charge is 0.466 e. The van der Waals surface area contributed by atoms with Gasteiger partial charge in [-0.2, -0.15) is 0 Å². The Balaban J connectivity index is 2.19. The highest BCUT2D eigenvalue weighted by molar-refractivity contribution is 7.85. The van der Waals surface area contributed by atoms with Crippen LogP contribution in [0, 0.1) is 0 Å². The van der Waals surface area contributed by atoms with Crippen LogP contribution in [0.15, 0.2) is 0 Å². The molecule has 1 heterocycles. The third-order valence-electron chi connectivity index (χ3n) is 3.63. The number of carbonyl (C=O) groups is 1. The molecule has 0 unspecified atom stereocenters. The van der Waals surface area contributed by atoms with Crippen LogP contribution < -0.4 is 0 Å². The average Bonchev–Trinajstić information content (AvgIpc) is 2.34. The highest BCUT2D eigenvalue weighted by Gasteiger charge is 2.29. The Kier molecular flexibility index (Phi) is 6.86. The van der Waals surface area contributed by atoms with E-state index in [9.17, 15) is 9.00 Å². The van der Waals surface area contributed by atoms with Crippen LogP contribution in [0.4, 0.5) is 0 Å². The Morgan fingerprint density at radius 2 is 2.11 bits per heavy atom. The summed E-state index contributed by atoms with van der Waals surface area (Å²) in [6.45, 7) is 8.40. The Hall–Kier alpha value is -0.420. The Labute approximate surface area is 113 Å². The van der Waals surface area contributed by atoms with E-state index in [0.717, 1.165) is 31.7 Å². The minimum atomic E-state index is -0.669. The maximum Gasteiger partial charge on any atom is 0.305 e. The SMILES string of the molecule is CCOC(=O)CCCCN1CC[S@](=O)[C@H](C)[C@H]1C. The van der Waals surface area contributed by atoms with Crippen molar-refractivity contribution in [3.8, 4) is 0 Å². The molecule has 18 heavy (non-hydrogen) atoms. The molecule has 0 aromatic rings. The molecule has 3 atom stereocenters. The molecule has 0 spiro atoms.